The monoisotopic (exact) mass is 484 g/mol. The normalized spacial score (nSPS) is 11.8. The van der Waals surface area contributed by atoms with E-state index in [2.05, 4.69) is 96.7 Å². The van der Waals surface area contributed by atoms with Crippen molar-refractivity contribution in [2.45, 2.75) is 91.1 Å². The number of aryl methyl sites for hydroxylation is 2. The van der Waals surface area contributed by atoms with Crippen molar-refractivity contribution in [2.75, 3.05) is 0 Å². The molecule has 190 valence electrons. The Morgan fingerprint density at radius 3 is 1.36 bits per heavy atom. The zero-order chi connectivity index (χ0) is 26.2. The highest BCUT2D eigenvalue weighted by atomic mass is 16.2. The molecule has 4 heteroatoms. The number of amides is 2. The molecule has 36 heavy (non-hydrogen) atoms. The first-order valence-electron chi connectivity index (χ1n) is 13.0. The molecule has 2 rings (SSSR count). The van der Waals surface area contributed by atoms with E-state index < -0.39 is 0 Å². The highest BCUT2D eigenvalue weighted by Crippen LogP contribution is 2.14. The van der Waals surface area contributed by atoms with Crippen molar-refractivity contribution >= 4 is 11.8 Å². The SMILES string of the molecule is Cc1ccc(C(C)NC(=O)CCCCC#CC#CCCCCC(=O)NC(C)c2ccc(C)cc2)cc1. The summed E-state index contributed by atoms with van der Waals surface area (Å²) in [6, 6.07) is 16.5. The van der Waals surface area contributed by atoms with Crippen molar-refractivity contribution in [1.82, 2.24) is 10.6 Å². The molecule has 2 aromatic carbocycles. The van der Waals surface area contributed by atoms with Gasteiger partial charge in [0.05, 0.1) is 12.1 Å². The molecule has 2 unspecified atom stereocenters. The molecular weight excluding hydrogens is 444 g/mol. The second kappa shape index (κ2) is 16.2. The van der Waals surface area contributed by atoms with E-state index in [1.54, 1.807) is 0 Å². The van der Waals surface area contributed by atoms with Crippen molar-refractivity contribution in [3.05, 3.63) is 70.8 Å². The Hall–Kier alpha value is -3.50. The van der Waals surface area contributed by atoms with Gasteiger partial charge >= 0.3 is 0 Å². The Balaban J connectivity index is 1.49. The maximum atomic E-state index is 12.1. The standard InChI is InChI=1S/C32H40N2O2/c1-25-17-21-29(22-18-25)27(3)33-31(35)15-13-11-9-7-5-6-8-10-12-14-16-32(36)34-28(4)30-23-19-26(2)20-24-30/h17-24,27-28H,9-16H2,1-4H3,(H,33,35)(H,34,36). The third kappa shape index (κ3) is 11.8. The van der Waals surface area contributed by atoms with Gasteiger partial charge in [0, 0.05) is 25.7 Å². The number of hydrogen-bond donors (Lipinski definition) is 2. The van der Waals surface area contributed by atoms with Gasteiger partial charge in [0.1, 0.15) is 0 Å². The highest BCUT2D eigenvalue weighted by Gasteiger charge is 2.09. The molecule has 0 aliphatic heterocycles. The number of nitrogens with one attached hydrogen (secondary N) is 2. The summed E-state index contributed by atoms with van der Waals surface area (Å²) in [5, 5.41) is 6.11. The van der Waals surface area contributed by atoms with Gasteiger partial charge in [0.2, 0.25) is 11.8 Å². The highest BCUT2D eigenvalue weighted by molar-refractivity contribution is 5.76. The summed E-state index contributed by atoms with van der Waals surface area (Å²) in [4.78, 5) is 24.3. The van der Waals surface area contributed by atoms with Crippen molar-refractivity contribution < 1.29 is 9.59 Å². The van der Waals surface area contributed by atoms with Crippen LogP contribution in [0.4, 0.5) is 0 Å². The van der Waals surface area contributed by atoms with Crippen molar-refractivity contribution in [1.29, 1.82) is 0 Å². The predicted octanol–water partition coefficient (Wildman–Crippen LogP) is 6.49. The van der Waals surface area contributed by atoms with Gasteiger partial charge in [-0.05, 0) is 76.3 Å². The topological polar surface area (TPSA) is 58.2 Å². The number of hydrogen-bond acceptors (Lipinski definition) is 2. The molecule has 0 radical (unpaired) electrons. The van der Waals surface area contributed by atoms with Crippen LogP contribution in [0.1, 0.15) is 99.6 Å². The van der Waals surface area contributed by atoms with Crippen LogP contribution < -0.4 is 10.6 Å². The first-order chi connectivity index (χ1) is 17.3. The minimum atomic E-state index is 0.0183. The van der Waals surface area contributed by atoms with E-state index in [9.17, 15) is 9.59 Å². The summed E-state index contributed by atoms with van der Waals surface area (Å²) in [5.41, 5.74) is 4.67. The largest absolute Gasteiger partial charge is 0.350 e. The Morgan fingerprint density at radius 1 is 0.639 bits per heavy atom. The Morgan fingerprint density at radius 2 is 1.00 bits per heavy atom. The van der Waals surface area contributed by atoms with Crippen LogP contribution in [0.5, 0.6) is 0 Å². The second-order valence-electron chi connectivity index (χ2n) is 9.42. The first kappa shape index (κ1) is 28.7. The van der Waals surface area contributed by atoms with Gasteiger partial charge in [-0.2, -0.15) is 0 Å². The average molecular weight is 485 g/mol. The van der Waals surface area contributed by atoms with Crippen LogP contribution in [-0.4, -0.2) is 11.8 Å². The molecule has 0 aliphatic carbocycles. The van der Waals surface area contributed by atoms with E-state index in [1.165, 1.54) is 11.1 Å². The molecule has 0 spiro atoms. The molecule has 2 atom stereocenters. The fourth-order valence-corrected chi connectivity index (χ4v) is 3.72. The van der Waals surface area contributed by atoms with Gasteiger partial charge in [0.25, 0.3) is 0 Å². The molecular formula is C32H40N2O2. The maximum Gasteiger partial charge on any atom is 0.220 e. The van der Waals surface area contributed by atoms with Crippen molar-refractivity contribution in [3.63, 3.8) is 0 Å². The molecule has 0 bridgehead atoms. The number of carbonyl (C=O) groups is 2. The molecule has 0 saturated carbocycles. The maximum absolute atomic E-state index is 12.1. The summed E-state index contributed by atoms with van der Waals surface area (Å²) in [5.74, 6) is 12.1. The molecule has 0 saturated heterocycles. The molecule has 4 nitrogen and oxygen atoms in total. The molecule has 2 amide bonds. The van der Waals surface area contributed by atoms with E-state index in [1.807, 2.05) is 13.8 Å². The Kier molecular flexibility index (Phi) is 12.9. The van der Waals surface area contributed by atoms with Gasteiger partial charge in [-0.3, -0.25) is 9.59 Å². The van der Waals surface area contributed by atoms with E-state index in [-0.39, 0.29) is 23.9 Å². The smallest absolute Gasteiger partial charge is 0.220 e. The Labute approximate surface area is 217 Å². The molecule has 0 heterocycles. The fraction of sp³-hybridized carbons (Fsp3) is 0.438. The zero-order valence-electron chi connectivity index (χ0n) is 22.2. The van der Waals surface area contributed by atoms with Gasteiger partial charge < -0.3 is 10.6 Å². The average Bonchev–Trinajstić information content (AvgIpc) is 2.85. The van der Waals surface area contributed by atoms with Gasteiger partial charge in [-0.25, -0.2) is 0 Å². The number of unbranched alkanes of at least 4 members (excludes halogenated alkanes) is 4. The van der Waals surface area contributed by atoms with Gasteiger partial charge in [-0.15, -0.1) is 0 Å². The van der Waals surface area contributed by atoms with Crippen LogP contribution in [0.3, 0.4) is 0 Å². The first-order valence-corrected chi connectivity index (χ1v) is 13.0. The summed E-state index contributed by atoms with van der Waals surface area (Å²) < 4.78 is 0. The summed E-state index contributed by atoms with van der Waals surface area (Å²) >= 11 is 0. The minimum Gasteiger partial charge on any atom is -0.350 e. The molecule has 0 aliphatic rings. The lowest BCUT2D eigenvalue weighted by Gasteiger charge is -2.14. The van der Waals surface area contributed by atoms with Crippen LogP contribution in [-0.2, 0) is 9.59 Å². The van der Waals surface area contributed by atoms with Gasteiger partial charge in [0.15, 0.2) is 0 Å². The summed E-state index contributed by atoms with van der Waals surface area (Å²) in [6.07, 6.45) is 5.93. The van der Waals surface area contributed by atoms with Crippen LogP contribution >= 0.6 is 0 Å². The Bertz CT molecular complexity index is 990. The van der Waals surface area contributed by atoms with E-state index >= 15 is 0 Å². The van der Waals surface area contributed by atoms with E-state index in [0.29, 0.717) is 12.8 Å². The lowest BCUT2D eigenvalue weighted by Crippen LogP contribution is -2.26. The third-order valence-electron chi connectivity index (χ3n) is 6.06. The second-order valence-corrected chi connectivity index (χ2v) is 9.42. The predicted molar refractivity (Wildman–Crippen MR) is 148 cm³/mol. The zero-order valence-corrected chi connectivity index (χ0v) is 22.2. The number of benzene rings is 2. The van der Waals surface area contributed by atoms with Crippen molar-refractivity contribution in [3.8, 4) is 23.7 Å². The fourth-order valence-electron chi connectivity index (χ4n) is 3.72. The summed E-state index contributed by atoms with van der Waals surface area (Å²) in [6.45, 7) is 8.13. The van der Waals surface area contributed by atoms with Crippen LogP contribution in [0.2, 0.25) is 0 Å². The molecule has 2 aromatic rings. The lowest BCUT2D eigenvalue weighted by atomic mass is 10.1. The quantitative estimate of drug-likeness (QED) is 0.267. The summed E-state index contributed by atoms with van der Waals surface area (Å²) in [7, 11) is 0. The van der Waals surface area contributed by atoms with Crippen molar-refractivity contribution in [2.24, 2.45) is 0 Å². The number of rotatable bonds is 12. The van der Waals surface area contributed by atoms with Gasteiger partial charge in [-0.1, -0.05) is 71.5 Å². The van der Waals surface area contributed by atoms with Crippen LogP contribution in [0, 0.1) is 37.5 Å². The van der Waals surface area contributed by atoms with E-state index in [0.717, 1.165) is 49.7 Å². The number of carbonyl (C=O) groups excluding carboxylic acids is 2. The van der Waals surface area contributed by atoms with Crippen LogP contribution in [0.15, 0.2) is 48.5 Å². The minimum absolute atomic E-state index is 0.0183. The third-order valence-corrected chi connectivity index (χ3v) is 6.06. The molecule has 2 N–H and O–H groups in total. The lowest BCUT2D eigenvalue weighted by molar-refractivity contribution is -0.122. The molecule has 0 fully saturated rings. The van der Waals surface area contributed by atoms with E-state index in [4.69, 9.17) is 0 Å². The molecule has 0 aromatic heterocycles. The van der Waals surface area contributed by atoms with Crippen LogP contribution in [0.25, 0.3) is 0 Å².